The molecule has 21 heavy (non-hydrogen) atoms. The molecule has 0 radical (unpaired) electrons. The third-order valence-electron chi connectivity index (χ3n) is 5.67. The van der Waals surface area contributed by atoms with Crippen LogP contribution in [-0.4, -0.2) is 40.1 Å². The van der Waals surface area contributed by atoms with Crippen LogP contribution in [0.15, 0.2) is 24.3 Å². The molecule has 4 atom stereocenters. The van der Waals surface area contributed by atoms with Crippen molar-refractivity contribution in [3.05, 3.63) is 30.1 Å². The summed E-state index contributed by atoms with van der Waals surface area (Å²) < 4.78 is 2.26. The zero-order valence-electron chi connectivity index (χ0n) is 13.1. The van der Waals surface area contributed by atoms with Gasteiger partial charge in [-0.15, -0.1) is 0 Å². The molecule has 3 heterocycles. The van der Waals surface area contributed by atoms with Gasteiger partial charge in [-0.1, -0.05) is 12.1 Å². The van der Waals surface area contributed by atoms with Crippen molar-refractivity contribution >= 4 is 11.0 Å². The highest BCUT2D eigenvalue weighted by Crippen LogP contribution is 2.37. The van der Waals surface area contributed by atoms with Crippen LogP contribution in [0.2, 0.25) is 0 Å². The number of imidazole rings is 1. The first-order valence-corrected chi connectivity index (χ1v) is 8.04. The number of benzene rings is 1. The fourth-order valence-corrected chi connectivity index (χ4v) is 4.40. The standard InChI is InChI=1S/C17H24N4/c1-11-14-9-18-8-13(14)10-21(11)12(2)17-19-15-6-4-5-7-16(15)20(17)3/h4-7,11-14,18H,8-10H2,1-3H3. The molecule has 2 fully saturated rings. The third-order valence-corrected chi connectivity index (χ3v) is 5.67. The summed E-state index contributed by atoms with van der Waals surface area (Å²) in [4.78, 5) is 7.54. The lowest BCUT2D eigenvalue weighted by Crippen LogP contribution is -2.36. The maximum Gasteiger partial charge on any atom is 0.126 e. The number of fused-ring (bicyclic) bond motifs is 2. The average Bonchev–Trinajstić information content (AvgIpc) is 3.15. The predicted molar refractivity (Wildman–Crippen MR) is 85.1 cm³/mol. The maximum absolute atomic E-state index is 4.89. The van der Waals surface area contributed by atoms with Gasteiger partial charge >= 0.3 is 0 Å². The second kappa shape index (κ2) is 4.82. The zero-order valence-corrected chi connectivity index (χ0v) is 13.1. The van der Waals surface area contributed by atoms with Gasteiger partial charge in [0, 0.05) is 19.6 Å². The first-order chi connectivity index (χ1) is 10.2. The molecule has 2 saturated heterocycles. The van der Waals surface area contributed by atoms with Gasteiger partial charge in [0.05, 0.1) is 17.1 Å². The minimum absolute atomic E-state index is 0.378. The Hall–Kier alpha value is -1.39. The monoisotopic (exact) mass is 284 g/mol. The first-order valence-electron chi connectivity index (χ1n) is 8.04. The van der Waals surface area contributed by atoms with Gasteiger partial charge in [-0.2, -0.15) is 0 Å². The summed E-state index contributed by atoms with van der Waals surface area (Å²) in [7, 11) is 2.14. The molecule has 0 amide bonds. The number of para-hydroxylation sites is 2. The lowest BCUT2D eigenvalue weighted by atomic mass is 9.95. The molecule has 112 valence electrons. The molecular weight excluding hydrogens is 260 g/mol. The summed E-state index contributed by atoms with van der Waals surface area (Å²) in [6, 6.07) is 9.44. The van der Waals surface area contributed by atoms with E-state index in [9.17, 15) is 0 Å². The number of hydrogen-bond donors (Lipinski definition) is 1. The molecule has 2 aliphatic rings. The predicted octanol–water partition coefficient (Wildman–Crippen LogP) is 2.17. The molecule has 4 unspecified atom stereocenters. The van der Waals surface area contributed by atoms with Gasteiger partial charge in [-0.25, -0.2) is 4.98 Å². The summed E-state index contributed by atoms with van der Waals surface area (Å²) in [5, 5.41) is 3.54. The van der Waals surface area contributed by atoms with Gasteiger partial charge < -0.3 is 9.88 Å². The molecule has 4 heteroatoms. The second-order valence-electron chi connectivity index (χ2n) is 6.71. The van der Waals surface area contributed by atoms with Crippen LogP contribution in [0.25, 0.3) is 11.0 Å². The third kappa shape index (κ3) is 1.93. The maximum atomic E-state index is 4.89. The molecule has 1 aromatic carbocycles. The van der Waals surface area contributed by atoms with Crippen molar-refractivity contribution in [1.82, 2.24) is 19.8 Å². The van der Waals surface area contributed by atoms with Crippen LogP contribution in [0.3, 0.4) is 0 Å². The summed E-state index contributed by atoms with van der Waals surface area (Å²) in [5.74, 6) is 2.82. The highest BCUT2D eigenvalue weighted by Gasteiger charge is 2.44. The highest BCUT2D eigenvalue weighted by molar-refractivity contribution is 5.75. The fourth-order valence-electron chi connectivity index (χ4n) is 4.40. The molecule has 0 spiro atoms. The molecule has 0 aliphatic carbocycles. The number of hydrogen-bond acceptors (Lipinski definition) is 3. The molecule has 1 aromatic heterocycles. The largest absolute Gasteiger partial charge is 0.330 e. The molecule has 2 aliphatic heterocycles. The molecular formula is C17H24N4. The Morgan fingerprint density at radius 3 is 2.86 bits per heavy atom. The Balaban J connectivity index is 1.67. The van der Waals surface area contributed by atoms with E-state index in [0.717, 1.165) is 17.4 Å². The van der Waals surface area contributed by atoms with Crippen LogP contribution in [0.5, 0.6) is 0 Å². The molecule has 4 rings (SSSR count). The van der Waals surface area contributed by atoms with Gasteiger partial charge in [-0.3, -0.25) is 4.90 Å². The van der Waals surface area contributed by atoms with E-state index in [0.29, 0.717) is 12.1 Å². The number of nitrogens with zero attached hydrogens (tertiary/aromatic N) is 3. The van der Waals surface area contributed by atoms with E-state index < -0.39 is 0 Å². The Labute approximate surface area is 126 Å². The summed E-state index contributed by atoms with van der Waals surface area (Å²) in [6.45, 7) is 8.25. The van der Waals surface area contributed by atoms with E-state index in [2.05, 4.69) is 59.9 Å². The molecule has 2 aromatic rings. The summed E-state index contributed by atoms with van der Waals surface area (Å²) in [5.41, 5.74) is 2.34. The fraction of sp³-hybridized carbons (Fsp3) is 0.588. The Morgan fingerprint density at radius 1 is 1.29 bits per heavy atom. The van der Waals surface area contributed by atoms with E-state index in [1.807, 2.05) is 0 Å². The van der Waals surface area contributed by atoms with Crippen molar-refractivity contribution in [3.63, 3.8) is 0 Å². The van der Waals surface area contributed by atoms with Crippen LogP contribution in [0, 0.1) is 11.8 Å². The SMILES string of the molecule is CC(c1nc2ccccc2n1C)N1CC2CNCC2C1C. The summed E-state index contributed by atoms with van der Waals surface area (Å²) >= 11 is 0. The van der Waals surface area contributed by atoms with E-state index in [1.165, 1.54) is 31.0 Å². The van der Waals surface area contributed by atoms with E-state index >= 15 is 0 Å². The van der Waals surface area contributed by atoms with Crippen LogP contribution < -0.4 is 5.32 Å². The van der Waals surface area contributed by atoms with E-state index in [-0.39, 0.29) is 0 Å². The molecule has 0 saturated carbocycles. The summed E-state index contributed by atoms with van der Waals surface area (Å²) in [6.07, 6.45) is 0. The number of aromatic nitrogens is 2. The zero-order chi connectivity index (χ0) is 14.6. The van der Waals surface area contributed by atoms with E-state index in [1.54, 1.807) is 0 Å². The lowest BCUT2D eigenvalue weighted by Gasteiger charge is -2.30. The average molecular weight is 284 g/mol. The van der Waals surface area contributed by atoms with Crippen LogP contribution in [0.1, 0.15) is 25.7 Å². The second-order valence-corrected chi connectivity index (χ2v) is 6.71. The van der Waals surface area contributed by atoms with Gasteiger partial charge in [0.15, 0.2) is 0 Å². The number of aryl methyl sites for hydroxylation is 1. The van der Waals surface area contributed by atoms with Crippen LogP contribution in [0.4, 0.5) is 0 Å². The van der Waals surface area contributed by atoms with Crippen LogP contribution >= 0.6 is 0 Å². The van der Waals surface area contributed by atoms with Crippen LogP contribution in [-0.2, 0) is 7.05 Å². The van der Waals surface area contributed by atoms with Crippen molar-refractivity contribution < 1.29 is 0 Å². The number of nitrogens with one attached hydrogen (secondary N) is 1. The van der Waals surface area contributed by atoms with Crippen molar-refractivity contribution in [2.45, 2.75) is 25.9 Å². The van der Waals surface area contributed by atoms with Gasteiger partial charge in [0.25, 0.3) is 0 Å². The van der Waals surface area contributed by atoms with Crippen molar-refractivity contribution in [1.29, 1.82) is 0 Å². The minimum Gasteiger partial charge on any atom is -0.330 e. The van der Waals surface area contributed by atoms with Crippen molar-refractivity contribution in [2.24, 2.45) is 18.9 Å². The minimum atomic E-state index is 0.378. The van der Waals surface area contributed by atoms with Gasteiger partial charge in [0.1, 0.15) is 5.82 Å². The van der Waals surface area contributed by atoms with E-state index in [4.69, 9.17) is 4.98 Å². The Bertz CT molecular complexity index is 662. The topological polar surface area (TPSA) is 33.1 Å². The Morgan fingerprint density at radius 2 is 2.10 bits per heavy atom. The quantitative estimate of drug-likeness (QED) is 0.917. The molecule has 1 N–H and O–H groups in total. The number of rotatable bonds is 2. The lowest BCUT2D eigenvalue weighted by molar-refractivity contribution is 0.174. The normalized spacial score (nSPS) is 30.9. The Kier molecular flexibility index (Phi) is 3.05. The molecule has 4 nitrogen and oxygen atoms in total. The van der Waals surface area contributed by atoms with Crippen molar-refractivity contribution in [3.8, 4) is 0 Å². The molecule has 0 bridgehead atoms. The van der Waals surface area contributed by atoms with Gasteiger partial charge in [-0.05, 0) is 50.9 Å². The first kappa shape index (κ1) is 13.3. The number of likely N-dealkylation sites (tertiary alicyclic amines) is 1. The smallest absolute Gasteiger partial charge is 0.126 e. The highest BCUT2D eigenvalue weighted by atomic mass is 15.3. The van der Waals surface area contributed by atoms with Gasteiger partial charge in [0.2, 0.25) is 0 Å². The van der Waals surface area contributed by atoms with Crippen molar-refractivity contribution in [2.75, 3.05) is 19.6 Å².